The minimum absolute atomic E-state index is 0.134. The van der Waals surface area contributed by atoms with Gasteiger partial charge in [0, 0.05) is 11.5 Å². The number of aromatic hydroxyl groups is 1. The number of nitrogens with zero attached hydrogens (tertiary/aromatic N) is 1. The molecule has 0 aliphatic heterocycles. The summed E-state index contributed by atoms with van der Waals surface area (Å²) in [4.78, 5) is 24.4. The number of halogens is 1. The normalized spacial score (nSPS) is 9.94. The summed E-state index contributed by atoms with van der Waals surface area (Å²) < 4.78 is 5.42. The molecule has 0 aliphatic rings. The third kappa shape index (κ3) is 3.73. The smallest absolute Gasteiger partial charge is 0.325 e. The van der Waals surface area contributed by atoms with Gasteiger partial charge in [-0.1, -0.05) is 15.9 Å². The largest absolute Gasteiger partial charge is 0.507 e. The molecule has 0 aliphatic carbocycles. The van der Waals surface area contributed by atoms with Gasteiger partial charge in [0.15, 0.2) is 0 Å². The maximum absolute atomic E-state index is 12.0. The Labute approximate surface area is 113 Å². The number of likely N-dealkylation sites (N-methyl/N-ethyl adjacent to an activating group) is 1. The average Bonchev–Trinajstić information content (AvgIpc) is 2.28. The molecule has 98 valence electrons. The van der Waals surface area contributed by atoms with Crippen LogP contribution in [0.15, 0.2) is 22.7 Å². The zero-order chi connectivity index (χ0) is 13.7. The van der Waals surface area contributed by atoms with E-state index < -0.39 is 11.9 Å². The number of carbonyl (C=O) groups excluding carboxylic acids is 2. The number of phenolic OH excluding ortho intramolecular Hbond substituents is 1. The molecular formula is C12H14BrNO4. The van der Waals surface area contributed by atoms with Crippen molar-refractivity contribution in [1.29, 1.82) is 0 Å². The van der Waals surface area contributed by atoms with Crippen molar-refractivity contribution >= 4 is 27.8 Å². The molecule has 1 amide bonds. The minimum Gasteiger partial charge on any atom is -0.507 e. The zero-order valence-electron chi connectivity index (χ0n) is 10.1. The molecule has 0 saturated carbocycles. The van der Waals surface area contributed by atoms with Crippen molar-refractivity contribution in [2.75, 3.05) is 20.2 Å². The number of carbonyl (C=O) groups is 2. The third-order valence-electron chi connectivity index (χ3n) is 2.21. The summed E-state index contributed by atoms with van der Waals surface area (Å²) in [5.74, 6) is -1.05. The van der Waals surface area contributed by atoms with Crippen molar-refractivity contribution < 1.29 is 19.4 Å². The van der Waals surface area contributed by atoms with Crippen LogP contribution in [-0.2, 0) is 9.53 Å². The summed E-state index contributed by atoms with van der Waals surface area (Å²) in [5.41, 5.74) is 0.144. The van der Waals surface area contributed by atoms with Crippen LogP contribution in [0.3, 0.4) is 0 Å². The van der Waals surface area contributed by atoms with E-state index in [9.17, 15) is 14.7 Å². The van der Waals surface area contributed by atoms with E-state index >= 15 is 0 Å². The Morgan fingerprint density at radius 3 is 2.67 bits per heavy atom. The Balaban J connectivity index is 2.77. The van der Waals surface area contributed by atoms with E-state index in [0.29, 0.717) is 4.47 Å². The molecule has 0 heterocycles. The SMILES string of the molecule is CCOC(=O)CN(C)C(=O)c1ccc(Br)cc1O. The lowest BCUT2D eigenvalue weighted by atomic mass is 10.2. The number of benzene rings is 1. The molecule has 0 fully saturated rings. The molecule has 18 heavy (non-hydrogen) atoms. The van der Waals surface area contributed by atoms with Gasteiger partial charge in [-0.3, -0.25) is 9.59 Å². The van der Waals surface area contributed by atoms with E-state index in [2.05, 4.69) is 15.9 Å². The molecular weight excluding hydrogens is 302 g/mol. The number of esters is 1. The standard InChI is InChI=1S/C12H14BrNO4/c1-3-18-11(16)7-14(2)12(17)9-5-4-8(13)6-10(9)15/h4-6,15H,3,7H2,1-2H3. The van der Waals surface area contributed by atoms with E-state index in [-0.39, 0.29) is 24.5 Å². The van der Waals surface area contributed by atoms with Crippen LogP contribution in [0.2, 0.25) is 0 Å². The quantitative estimate of drug-likeness (QED) is 0.860. The molecule has 0 aromatic heterocycles. The Morgan fingerprint density at radius 1 is 1.44 bits per heavy atom. The van der Waals surface area contributed by atoms with Gasteiger partial charge in [-0.15, -0.1) is 0 Å². The zero-order valence-corrected chi connectivity index (χ0v) is 11.7. The Hall–Kier alpha value is -1.56. The molecule has 1 aromatic carbocycles. The fraction of sp³-hybridized carbons (Fsp3) is 0.333. The van der Waals surface area contributed by atoms with Crippen LogP contribution in [0.4, 0.5) is 0 Å². The second-order valence-corrected chi connectivity index (χ2v) is 4.54. The summed E-state index contributed by atoms with van der Waals surface area (Å²) in [5, 5.41) is 9.65. The molecule has 0 atom stereocenters. The highest BCUT2D eigenvalue weighted by Gasteiger charge is 2.18. The highest BCUT2D eigenvalue weighted by molar-refractivity contribution is 9.10. The van der Waals surface area contributed by atoms with Gasteiger partial charge in [0.2, 0.25) is 0 Å². The summed E-state index contributed by atoms with van der Waals surface area (Å²) in [6.07, 6.45) is 0. The van der Waals surface area contributed by atoms with Crippen molar-refractivity contribution in [1.82, 2.24) is 4.90 Å². The van der Waals surface area contributed by atoms with E-state index in [4.69, 9.17) is 4.74 Å². The van der Waals surface area contributed by atoms with Gasteiger partial charge in [-0.25, -0.2) is 0 Å². The van der Waals surface area contributed by atoms with Gasteiger partial charge in [0.25, 0.3) is 5.91 Å². The summed E-state index contributed by atoms with van der Waals surface area (Å²) in [6.45, 7) is 1.81. The second kappa shape index (κ2) is 6.39. The average molecular weight is 316 g/mol. The monoisotopic (exact) mass is 315 g/mol. The van der Waals surface area contributed by atoms with Gasteiger partial charge in [0.1, 0.15) is 12.3 Å². The van der Waals surface area contributed by atoms with E-state index in [1.165, 1.54) is 24.1 Å². The van der Waals surface area contributed by atoms with E-state index in [1.807, 2.05) is 0 Å². The minimum atomic E-state index is -0.482. The Kier molecular flexibility index (Phi) is 5.15. The van der Waals surface area contributed by atoms with Crippen LogP contribution >= 0.6 is 15.9 Å². The number of hydrogen-bond acceptors (Lipinski definition) is 4. The maximum atomic E-state index is 12.0. The van der Waals surface area contributed by atoms with Crippen molar-refractivity contribution in [3.63, 3.8) is 0 Å². The third-order valence-corrected chi connectivity index (χ3v) is 2.70. The highest BCUT2D eigenvalue weighted by Crippen LogP contribution is 2.23. The highest BCUT2D eigenvalue weighted by atomic mass is 79.9. The molecule has 0 unspecified atom stereocenters. The van der Waals surface area contributed by atoms with Crippen LogP contribution in [0.5, 0.6) is 5.75 Å². The summed E-state index contributed by atoms with van der Waals surface area (Å²) >= 11 is 3.18. The van der Waals surface area contributed by atoms with Gasteiger partial charge in [-0.05, 0) is 25.1 Å². The van der Waals surface area contributed by atoms with Crippen molar-refractivity contribution in [2.45, 2.75) is 6.92 Å². The number of amides is 1. The van der Waals surface area contributed by atoms with Crippen LogP contribution in [0.25, 0.3) is 0 Å². The Morgan fingerprint density at radius 2 is 2.11 bits per heavy atom. The second-order valence-electron chi connectivity index (χ2n) is 3.63. The van der Waals surface area contributed by atoms with Crippen molar-refractivity contribution in [3.05, 3.63) is 28.2 Å². The fourth-order valence-electron chi connectivity index (χ4n) is 1.36. The van der Waals surface area contributed by atoms with Crippen LogP contribution in [0.1, 0.15) is 17.3 Å². The van der Waals surface area contributed by atoms with E-state index in [1.54, 1.807) is 13.0 Å². The van der Waals surface area contributed by atoms with E-state index in [0.717, 1.165) is 0 Å². The molecule has 0 saturated heterocycles. The van der Waals surface area contributed by atoms with Gasteiger partial charge >= 0.3 is 5.97 Å². The molecule has 1 rings (SSSR count). The lowest BCUT2D eigenvalue weighted by Gasteiger charge is -2.16. The fourth-order valence-corrected chi connectivity index (χ4v) is 1.71. The number of hydrogen-bond donors (Lipinski definition) is 1. The van der Waals surface area contributed by atoms with Gasteiger partial charge < -0.3 is 14.7 Å². The number of phenols is 1. The van der Waals surface area contributed by atoms with Crippen molar-refractivity contribution in [3.8, 4) is 5.75 Å². The topological polar surface area (TPSA) is 66.8 Å². The summed E-state index contributed by atoms with van der Waals surface area (Å²) in [6, 6.07) is 4.56. The number of rotatable bonds is 4. The molecule has 1 N–H and O–H groups in total. The Bertz CT molecular complexity index is 461. The molecule has 0 radical (unpaired) electrons. The van der Waals surface area contributed by atoms with Crippen LogP contribution in [0, 0.1) is 0 Å². The predicted octanol–water partition coefficient (Wildman–Crippen LogP) is 1.79. The first-order chi connectivity index (χ1) is 8.45. The molecule has 0 bridgehead atoms. The first-order valence-electron chi connectivity index (χ1n) is 5.35. The summed E-state index contributed by atoms with van der Waals surface area (Å²) in [7, 11) is 1.47. The first-order valence-corrected chi connectivity index (χ1v) is 6.14. The molecule has 6 heteroatoms. The van der Waals surface area contributed by atoms with Gasteiger partial charge in [-0.2, -0.15) is 0 Å². The number of ether oxygens (including phenoxy) is 1. The lowest BCUT2D eigenvalue weighted by Crippen LogP contribution is -2.33. The first kappa shape index (κ1) is 14.5. The lowest BCUT2D eigenvalue weighted by molar-refractivity contribution is -0.143. The van der Waals surface area contributed by atoms with Crippen LogP contribution in [-0.4, -0.2) is 42.1 Å². The maximum Gasteiger partial charge on any atom is 0.325 e. The predicted molar refractivity (Wildman–Crippen MR) is 69.4 cm³/mol. The molecule has 5 nitrogen and oxygen atoms in total. The van der Waals surface area contributed by atoms with Crippen LogP contribution < -0.4 is 0 Å². The van der Waals surface area contributed by atoms with Crippen molar-refractivity contribution in [2.24, 2.45) is 0 Å². The van der Waals surface area contributed by atoms with Gasteiger partial charge in [0.05, 0.1) is 12.2 Å². The molecule has 1 aromatic rings. The molecule has 0 spiro atoms.